The number of ketones is 1. The van der Waals surface area contributed by atoms with E-state index < -0.39 is 0 Å². The van der Waals surface area contributed by atoms with Crippen molar-refractivity contribution >= 4 is 27.4 Å². The number of carbonyl (C=O) groups is 1. The van der Waals surface area contributed by atoms with Gasteiger partial charge in [0, 0.05) is 48.4 Å². The fourth-order valence-electron chi connectivity index (χ4n) is 2.95. The Bertz CT molecular complexity index is 510. The Morgan fingerprint density at radius 1 is 1.38 bits per heavy atom. The van der Waals surface area contributed by atoms with E-state index in [1.807, 2.05) is 13.0 Å². The molecule has 1 aromatic rings. The summed E-state index contributed by atoms with van der Waals surface area (Å²) >= 11 is 3.56. The molecule has 0 unspecified atom stereocenters. The normalized spacial score (nSPS) is 16.0. The zero-order chi connectivity index (χ0) is 15.4. The highest BCUT2D eigenvalue weighted by molar-refractivity contribution is 9.10. The third kappa shape index (κ3) is 3.86. The number of halogens is 1. The molecule has 0 radical (unpaired) electrons. The quantitative estimate of drug-likeness (QED) is 0.736. The molecule has 0 N–H and O–H groups in total. The molecule has 1 saturated heterocycles. The van der Waals surface area contributed by atoms with Gasteiger partial charge in [-0.3, -0.25) is 4.79 Å². The molecule has 0 spiro atoms. The molecule has 1 fully saturated rings. The average Bonchev–Trinajstić information content (AvgIpc) is 2.49. The zero-order valence-corrected chi connectivity index (χ0v) is 14.7. The van der Waals surface area contributed by atoms with Gasteiger partial charge in [-0.2, -0.15) is 0 Å². The number of hydrogen-bond acceptors (Lipinski definition) is 3. The Morgan fingerprint density at radius 2 is 2.05 bits per heavy atom. The largest absolute Gasteiger partial charge is 0.381 e. The van der Waals surface area contributed by atoms with Gasteiger partial charge in [-0.1, -0.05) is 22.9 Å². The van der Waals surface area contributed by atoms with Crippen LogP contribution in [0.25, 0.3) is 0 Å². The first-order chi connectivity index (χ1) is 10.0. The molecule has 0 bridgehead atoms. The van der Waals surface area contributed by atoms with Crippen LogP contribution in [-0.2, 0) is 4.74 Å². The number of benzene rings is 1. The lowest BCUT2D eigenvalue weighted by Gasteiger charge is -2.34. The summed E-state index contributed by atoms with van der Waals surface area (Å²) in [7, 11) is 2.12. The van der Waals surface area contributed by atoms with E-state index in [4.69, 9.17) is 4.74 Å². The Hall–Kier alpha value is -0.870. The number of hydrogen-bond donors (Lipinski definition) is 0. The highest BCUT2D eigenvalue weighted by Crippen LogP contribution is 2.31. The summed E-state index contributed by atoms with van der Waals surface area (Å²) in [5.74, 6) is 0.234. The predicted octanol–water partition coefficient (Wildman–Crippen LogP) is 4.36. The summed E-state index contributed by atoms with van der Waals surface area (Å²) in [5, 5.41) is 0. The van der Waals surface area contributed by atoms with Crippen molar-refractivity contribution in [3.05, 3.63) is 27.7 Å². The van der Waals surface area contributed by atoms with Crippen LogP contribution in [0.3, 0.4) is 0 Å². The van der Waals surface area contributed by atoms with Crippen molar-refractivity contribution in [1.82, 2.24) is 0 Å². The molecule has 2 rings (SSSR count). The molecule has 1 aliphatic rings. The van der Waals surface area contributed by atoms with Crippen LogP contribution in [0.15, 0.2) is 16.6 Å². The smallest absolute Gasteiger partial charge is 0.163 e. The Kier molecular flexibility index (Phi) is 5.82. The first-order valence-electron chi connectivity index (χ1n) is 7.68. The fraction of sp³-hybridized carbons (Fsp3) is 0.588. The highest BCUT2D eigenvalue weighted by atomic mass is 79.9. The van der Waals surface area contributed by atoms with Crippen molar-refractivity contribution in [2.24, 2.45) is 0 Å². The highest BCUT2D eigenvalue weighted by Gasteiger charge is 2.22. The summed E-state index contributed by atoms with van der Waals surface area (Å²) < 4.78 is 6.42. The Morgan fingerprint density at radius 3 is 2.67 bits per heavy atom. The number of Topliss-reactive ketones (excluding diaryl/α,β-unsaturated/α-hetero) is 1. The third-order valence-corrected chi connectivity index (χ3v) is 4.70. The average molecular weight is 354 g/mol. The van der Waals surface area contributed by atoms with E-state index in [0.29, 0.717) is 12.5 Å². The lowest BCUT2D eigenvalue weighted by molar-refractivity contribution is 0.0854. The molecule has 1 aromatic carbocycles. The topological polar surface area (TPSA) is 29.5 Å². The van der Waals surface area contributed by atoms with Gasteiger partial charge >= 0.3 is 0 Å². The maximum atomic E-state index is 12.3. The predicted molar refractivity (Wildman–Crippen MR) is 90.4 cm³/mol. The van der Waals surface area contributed by atoms with Crippen LogP contribution in [0.4, 0.5) is 5.69 Å². The number of anilines is 1. The van der Waals surface area contributed by atoms with E-state index in [1.165, 1.54) is 0 Å². The van der Waals surface area contributed by atoms with Crippen molar-refractivity contribution in [2.75, 3.05) is 25.2 Å². The molecule has 0 aromatic heterocycles. The van der Waals surface area contributed by atoms with Crippen molar-refractivity contribution in [3.63, 3.8) is 0 Å². The minimum Gasteiger partial charge on any atom is -0.381 e. The maximum absolute atomic E-state index is 12.3. The van der Waals surface area contributed by atoms with E-state index in [0.717, 1.165) is 53.8 Å². The van der Waals surface area contributed by atoms with E-state index >= 15 is 0 Å². The second-order valence-electron chi connectivity index (χ2n) is 5.73. The van der Waals surface area contributed by atoms with Gasteiger partial charge in [-0.05, 0) is 43.9 Å². The van der Waals surface area contributed by atoms with Crippen LogP contribution < -0.4 is 4.90 Å². The van der Waals surface area contributed by atoms with Gasteiger partial charge in [-0.25, -0.2) is 0 Å². The fourth-order valence-corrected chi connectivity index (χ4v) is 3.40. The molecular weight excluding hydrogens is 330 g/mol. The minimum atomic E-state index is 0.234. The molecule has 0 aliphatic carbocycles. The number of carbonyl (C=O) groups excluding carboxylic acids is 1. The van der Waals surface area contributed by atoms with Crippen molar-refractivity contribution in [1.29, 1.82) is 0 Å². The van der Waals surface area contributed by atoms with Gasteiger partial charge in [-0.15, -0.1) is 0 Å². The van der Waals surface area contributed by atoms with Crippen molar-refractivity contribution in [3.8, 4) is 0 Å². The molecule has 0 saturated carbocycles. The Balaban J connectivity index is 2.32. The second kappa shape index (κ2) is 7.41. The van der Waals surface area contributed by atoms with Gasteiger partial charge in [0.2, 0.25) is 0 Å². The van der Waals surface area contributed by atoms with Gasteiger partial charge in [0.25, 0.3) is 0 Å². The molecule has 0 amide bonds. The Labute approximate surface area is 135 Å². The van der Waals surface area contributed by atoms with Crippen LogP contribution in [-0.4, -0.2) is 32.1 Å². The summed E-state index contributed by atoms with van der Waals surface area (Å²) in [6.07, 6.45) is 3.58. The van der Waals surface area contributed by atoms with Crippen LogP contribution in [0, 0.1) is 6.92 Å². The van der Waals surface area contributed by atoms with E-state index in [-0.39, 0.29) is 5.78 Å². The molecule has 1 aliphatic heterocycles. The molecule has 3 nitrogen and oxygen atoms in total. The number of rotatable bonds is 5. The molecule has 0 atom stereocenters. The summed E-state index contributed by atoms with van der Waals surface area (Å²) in [6.45, 7) is 5.74. The summed E-state index contributed by atoms with van der Waals surface area (Å²) in [4.78, 5) is 14.6. The van der Waals surface area contributed by atoms with Crippen molar-refractivity contribution in [2.45, 2.75) is 45.6 Å². The third-order valence-electron chi connectivity index (χ3n) is 4.24. The van der Waals surface area contributed by atoms with Crippen LogP contribution >= 0.6 is 15.9 Å². The van der Waals surface area contributed by atoms with Crippen molar-refractivity contribution < 1.29 is 9.53 Å². The van der Waals surface area contributed by atoms with Gasteiger partial charge in [0.1, 0.15) is 0 Å². The van der Waals surface area contributed by atoms with Gasteiger partial charge in [0.15, 0.2) is 5.78 Å². The lowest BCUT2D eigenvalue weighted by atomic mass is 9.98. The molecule has 116 valence electrons. The standard InChI is InChI=1S/C17H24BrNO2/c1-4-5-17(20)15-10-13(18)11-16(12(15)2)19(3)14-6-8-21-9-7-14/h10-11,14H,4-9H2,1-3H3. The number of nitrogens with zero attached hydrogens (tertiary/aromatic N) is 1. The summed E-state index contributed by atoms with van der Waals surface area (Å²) in [6, 6.07) is 4.56. The molecule has 21 heavy (non-hydrogen) atoms. The van der Waals surface area contributed by atoms with Gasteiger partial charge in [0.05, 0.1) is 0 Å². The summed E-state index contributed by atoms with van der Waals surface area (Å²) in [5.41, 5.74) is 3.08. The van der Waals surface area contributed by atoms with E-state index in [1.54, 1.807) is 0 Å². The maximum Gasteiger partial charge on any atom is 0.163 e. The first-order valence-corrected chi connectivity index (χ1v) is 8.47. The SMILES string of the molecule is CCCC(=O)c1cc(Br)cc(N(C)C2CCOCC2)c1C. The first kappa shape index (κ1) is 16.5. The van der Waals surface area contributed by atoms with E-state index in [2.05, 4.69) is 40.9 Å². The second-order valence-corrected chi connectivity index (χ2v) is 6.64. The van der Waals surface area contributed by atoms with Crippen LogP contribution in [0.5, 0.6) is 0 Å². The molecule has 1 heterocycles. The monoisotopic (exact) mass is 353 g/mol. The van der Waals surface area contributed by atoms with Crippen LogP contribution in [0.2, 0.25) is 0 Å². The van der Waals surface area contributed by atoms with E-state index in [9.17, 15) is 4.79 Å². The molecule has 4 heteroatoms. The lowest BCUT2D eigenvalue weighted by Crippen LogP contribution is -2.37. The minimum absolute atomic E-state index is 0.234. The van der Waals surface area contributed by atoms with Gasteiger partial charge < -0.3 is 9.64 Å². The molecular formula is C17H24BrNO2. The van der Waals surface area contributed by atoms with Crippen LogP contribution in [0.1, 0.15) is 48.5 Å². The number of ether oxygens (including phenoxy) is 1. The zero-order valence-electron chi connectivity index (χ0n) is 13.1.